The molecule has 6 rings (SSSR count). The number of rotatable bonds is 5. The Balaban J connectivity index is 1.15. The van der Waals surface area contributed by atoms with E-state index in [0.29, 0.717) is 35.6 Å². The number of piperidine rings is 1. The first-order chi connectivity index (χ1) is 19.5. The van der Waals surface area contributed by atoms with Gasteiger partial charge in [-0.3, -0.25) is 0 Å². The zero-order valence-corrected chi connectivity index (χ0v) is 25.5. The molecule has 0 aromatic heterocycles. The fourth-order valence-corrected chi connectivity index (χ4v) is 10.8. The van der Waals surface area contributed by atoms with Crippen molar-refractivity contribution >= 4 is 0 Å². The molecule has 0 spiro atoms. The largest absolute Gasteiger partial charge is 0.394 e. The van der Waals surface area contributed by atoms with Crippen LogP contribution in [0.3, 0.4) is 0 Å². The molecule has 6 N–H and O–H groups in total. The van der Waals surface area contributed by atoms with Crippen LogP contribution in [0.15, 0.2) is 11.6 Å². The number of hydrogen-bond donors (Lipinski definition) is 6. The molecule has 2 saturated heterocycles. The van der Waals surface area contributed by atoms with Gasteiger partial charge in [0, 0.05) is 6.04 Å². The Labute approximate surface area is 245 Å². The molecule has 41 heavy (non-hydrogen) atoms. The van der Waals surface area contributed by atoms with E-state index in [4.69, 9.17) is 9.47 Å². The van der Waals surface area contributed by atoms with Crippen molar-refractivity contribution in [1.82, 2.24) is 5.32 Å². The van der Waals surface area contributed by atoms with Crippen molar-refractivity contribution in [1.29, 1.82) is 0 Å². The van der Waals surface area contributed by atoms with Gasteiger partial charge >= 0.3 is 0 Å². The highest BCUT2D eigenvalue weighted by atomic mass is 16.7. The average Bonchev–Trinajstić information content (AvgIpc) is 3.23. The lowest BCUT2D eigenvalue weighted by atomic mass is 9.47. The summed E-state index contributed by atoms with van der Waals surface area (Å²) in [6.07, 6.45) is 5.37. The molecule has 0 amide bonds. The number of fused-ring (bicyclic) bond motifs is 5. The molecule has 0 radical (unpaired) electrons. The summed E-state index contributed by atoms with van der Waals surface area (Å²) in [6.45, 7) is 10.3. The van der Waals surface area contributed by atoms with Crippen LogP contribution in [0.1, 0.15) is 85.5 Å². The molecule has 4 aliphatic carbocycles. The van der Waals surface area contributed by atoms with Crippen LogP contribution in [-0.2, 0) is 9.47 Å². The van der Waals surface area contributed by atoms with Gasteiger partial charge in [-0.25, -0.2) is 0 Å². The summed E-state index contributed by atoms with van der Waals surface area (Å²) in [5.41, 5.74) is 1.72. The molecule has 2 heterocycles. The number of ether oxygens (including phenoxy) is 2. The van der Waals surface area contributed by atoms with Gasteiger partial charge in [-0.15, -0.1) is 0 Å². The minimum atomic E-state index is -1.42. The van der Waals surface area contributed by atoms with E-state index < -0.39 is 37.3 Å². The molecule has 16 atom stereocenters. The van der Waals surface area contributed by atoms with Gasteiger partial charge in [0.2, 0.25) is 0 Å². The van der Waals surface area contributed by atoms with Crippen LogP contribution in [0, 0.1) is 46.3 Å². The van der Waals surface area contributed by atoms with Crippen LogP contribution < -0.4 is 5.32 Å². The zero-order chi connectivity index (χ0) is 29.3. The number of hydrogen-bond acceptors (Lipinski definition) is 8. The van der Waals surface area contributed by atoms with Crippen molar-refractivity contribution in [2.75, 3.05) is 13.2 Å². The normalized spacial score (nSPS) is 54.5. The third-order valence-electron chi connectivity index (χ3n) is 13.2. The summed E-state index contributed by atoms with van der Waals surface area (Å²) in [5.74, 6) is 3.31. The van der Waals surface area contributed by atoms with Crippen LogP contribution in [0.2, 0.25) is 0 Å². The second-order valence-electron chi connectivity index (χ2n) is 15.4. The van der Waals surface area contributed by atoms with E-state index in [1.54, 1.807) is 0 Å². The van der Waals surface area contributed by atoms with Crippen LogP contribution >= 0.6 is 0 Å². The molecular formula is C33H55NO7. The first kappa shape index (κ1) is 30.4. The highest BCUT2D eigenvalue weighted by Crippen LogP contribution is 2.67. The second kappa shape index (κ2) is 11.4. The Hall–Kier alpha value is -0.580. The van der Waals surface area contributed by atoms with Gasteiger partial charge in [0.15, 0.2) is 6.29 Å². The van der Waals surface area contributed by atoms with Crippen molar-refractivity contribution in [3.8, 4) is 0 Å². The molecule has 234 valence electrons. The standard InChI is InChI=1S/C33H55NO7/c1-17-5-8-24(34-15-17)18(2)27-25(36)14-23-21-7-6-19-13-20(9-11-32(19,3)22(21)10-12-33(23,27)4)40-31-30(39)29(38)28(37)26(16-35)41-31/h6,17-18,20-31,34-39H,5,7-16H2,1-4H3/t17-,18-,20+,21-,22+,23+,24-,25-,26-,27?,28-,29+,30-,31-,32+,33+/m1/s1. The molecule has 0 bridgehead atoms. The predicted molar refractivity (Wildman–Crippen MR) is 155 cm³/mol. The maximum absolute atomic E-state index is 11.6. The van der Waals surface area contributed by atoms with Crippen molar-refractivity contribution in [3.05, 3.63) is 11.6 Å². The van der Waals surface area contributed by atoms with Gasteiger partial charge in [0.1, 0.15) is 24.4 Å². The summed E-state index contributed by atoms with van der Waals surface area (Å²) in [4.78, 5) is 0. The van der Waals surface area contributed by atoms with E-state index in [1.807, 2.05) is 0 Å². The van der Waals surface area contributed by atoms with Crippen molar-refractivity contribution in [3.63, 3.8) is 0 Å². The molecule has 0 aromatic rings. The fourth-order valence-electron chi connectivity index (χ4n) is 10.8. The number of aliphatic hydroxyl groups is 5. The predicted octanol–water partition coefficient (Wildman–Crippen LogP) is 2.75. The molecule has 3 saturated carbocycles. The quantitative estimate of drug-likeness (QED) is 0.275. The van der Waals surface area contributed by atoms with Gasteiger partial charge < -0.3 is 40.3 Å². The SMILES string of the molecule is C[C@@H]1CC[C@H]([C@@H](C)C2[C@H](O)C[C@H]3[C@@H]4CC=C5C[C@@H](O[C@@H]6O[C@H](CO)[C@@H](O)[C@H](O)[C@H]6O)CC[C@]5(C)[C@H]4CC[C@]23C)NC1. The number of allylic oxidation sites excluding steroid dienone is 1. The third kappa shape index (κ3) is 5.06. The van der Waals surface area contributed by atoms with Crippen molar-refractivity contribution < 1.29 is 35.0 Å². The zero-order valence-electron chi connectivity index (χ0n) is 25.5. The first-order valence-electron chi connectivity index (χ1n) is 16.5. The van der Waals surface area contributed by atoms with Crippen LogP contribution in [0.5, 0.6) is 0 Å². The molecule has 0 aromatic carbocycles. The molecule has 6 aliphatic rings. The summed E-state index contributed by atoms with van der Waals surface area (Å²) >= 11 is 0. The van der Waals surface area contributed by atoms with Crippen molar-refractivity contribution in [2.24, 2.45) is 46.3 Å². The lowest BCUT2D eigenvalue weighted by molar-refractivity contribution is -0.313. The summed E-state index contributed by atoms with van der Waals surface area (Å²) in [5, 5.41) is 55.8. The van der Waals surface area contributed by atoms with Crippen LogP contribution in [-0.4, -0.2) is 87.6 Å². The van der Waals surface area contributed by atoms with E-state index in [2.05, 4.69) is 39.1 Å². The number of nitrogens with one attached hydrogen (secondary N) is 1. The minimum absolute atomic E-state index is 0.106. The van der Waals surface area contributed by atoms with E-state index in [9.17, 15) is 25.5 Å². The van der Waals surface area contributed by atoms with E-state index in [0.717, 1.165) is 44.6 Å². The monoisotopic (exact) mass is 577 g/mol. The molecule has 8 nitrogen and oxygen atoms in total. The van der Waals surface area contributed by atoms with Gasteiger partial charge in [-0.2, -0.15) is 0 Å². The summed E-state index contributed by atoms with van der Waals surface area (Å²) in [6, 6.07) is 0.508. The summed E-state index contributed by atoms with van der Waals surface area (Å²) in [7, 11) is 0. The Morgan fingerprint density at radius 3 is 2.51 bits per heavy atom. The number of aliphatic hydroxyl groups excluding tert-OH is 5. The molecule has 5 fully saturated rings. The lowest BCUT2D eigenvalue weighted by Gasteiger charge is -2.58. The van der Waals surface area contributed by atoms with Crippen molar-refractivity contribution in [2.45, 2.75) is 134 Å². The van der Waals surface area contributed by atoms with Gasteiger partial charge in [-0.1, -0.05) is 39.3 Å². The third-order valence-corrected chi connectivity index (χ3v) is 13.2. The Morgan fingerprint density at radius 2 is 1.80 bits per heavy atom. The van der Waals surface area contributed by atoms with Crippen LogP contribution in [0.4, 0.5) is 0 Å². The Bertz CT molecular complexity index is 967. The van der Waals surface area contributed by atoms with E-state index >= 15 is 0 Å². The molecular weight excluding hydrogens is 522 g/mol. The van der Waals surface area contributed by atoms with E-state index in [1.165, 1.54) is 31.3 Å². The maximum atomic E-state index is 11.6. The Morgan fingerprint density at radius 1 is 1.02 bits per heavy atom. The lowest BCUT2D eigenvalue weighted by Crippen LogP contribution is -2.60. The molecule has 2 aliphatic heterocycles. The maximum Gasteiger partial charge on any atom is 0.186 e. The van der Waals surface area contributed by atoms with E-state index in [-0.39, 0.29) is 23.0 Å². The smallest absolute Gasteiger partial charge is 0.186 e. The van der Waals surface area contributed by atoms with Gasteiger partial charge in [0.05, 0.1) is 18.8 Å². The highest BCUT2D eigenvalue weighted by Gasteiger charge is 2.62. The molecule has 1 unspecified atom stereocenters. The van der Waals surface area contributed by atoms with Gasteiger partial charge in [0.25, 0.3) is 0 Å². The van der Waals surface area contributed by atoms with Crippen LogP contribution in [0.25, 0.3) is 0 Å². The summed E-state index contributed by atoms with van der Waals surface area (Å²) < 4.78 is 11.8. The Kier molecular flexibility index (Phi) is 8.47. The highest BCUT2D eigenvalue weighted by molar-refractivity contribution is 5.26. The average molecular weight is 578 g/mol. The molecule has 8 heteroatoms. The van der Waals surface area contributed by atoms with Gasteiger partial charge in [-0.05, 0) is 111 Å². The first-order valence-corrected chi connectivity index (χ1v) is 16.5. The second-order valence-corrected chi connectivity index (χ2v) is 15.4. The minimum Gasteiger partial charge on any atom is -0.394 e. The topological polar surface area (TPSA) is 132 Å². The fraction of sp³-hybridized carbons (Fsp3) is 0.939.